The minimum absolute atomic E-state index is 0.0235. The molecule has 140 valence electrons. The quantitative estimate of drug-likeness (QED) is 0.647. The minimum atomic E-state index is -0.920. The standard InChI is InChI=1S/C25H28O2/c1-18(26)25(17-15-20-9-5-6-10-22(20)23(25)27)16-7-8-19-11-13-21(14-12-19)24(2,3)4/h5-14H,15-17H2,1-4H3/b8-7+/t25-/m1/s1. The summed E-state index contributed by atoms with van der Waals surface area (Å²) >= 11 is 0. The largest absolute Gasteiger partial charge is 0.299 e. The molecule has 2 nitrogen and oxygen atoms in total. The third kappa shape index (κ3) is 3.80. The van der Waals surface area contributed by atoms with Gasteiger partial charge in [0.25, 0.3) is 0 Å². The van der Waals surface area contributed by atoms with Crippen molar-refractivity contribution in [3.8, 4) is 0 Å². The average Bonchev–Trinajstić information content (AvgIpc) is 2.63. The number of carbonyl (C=O) groups excluding carboxylic acids is 2. The van der Waals surface area contributed by atoms with E-state index < -0.39 is 5.41 Å². The second-order valence-corrected chi connectivity index (χ2v) is 8.60. The van der Waals surface area contributed by atoms with Crippen molar-refractivity contribution in [1.82, 2.24) is 0 Å². The normalized spacial score (nSPS) is 19.9. The number of hydrogen-bond donors (Lipinski definition) is 0. The van der Waals surface area contributed by atoms with Crippen molar-refractivity contribution in [2.24, 2.45) is 5.41 Å². The first-order valence-corrected chi connectivity index (χ1v) is 9.65. The number of benzene rings is 2. The molecular weight excluding hydrogens is 332 g/mol. The van der Waals surface area contributed by atoms with Gasteiger partial charge in [0.2, 0.25) is 0 Å². The first kappa shape index (κ1) is 19.3. The van der Waals surface area contributed by atoms with Gasteiger partial charge in [-0.3, -0.25) is 9.59 Å². The van der Waals surface area contributed by atoms with Crippen molar-refractivity contribution in [3.05, 3.63) is 76.9 Å². The minimum Gasteiger partial charge on any atom is -0.299 e. The van der Waals surface area contributed by atoms with Gasteiger partial charge in [-0.15, -0.1) is 0 Å². The second-order valence-electron chi connectivity index (χ2n) is 8.60. The monoisotopic (exact) mass is 360 g/mol. The number of aryl methyl sites for hydroxylation is 1. The smallest absolute Gasteiger partial charge is 0.176 e. The van der Waals surface area contributed by atoms with E-state index in [9.17, 15) is 9.59 Å². The molecule has 1 aliphatic carbocycles. The lowest BCUT2D eigenvalue weighted by atomic mass is 9.66. The van der Waals surface area contributed by atoms with Gasteiger partial charge in [0, 0.05) is 5.56 Å². The van der Waals surface area contributed by atoms with Crippen molar-refractivity contribution < 1.29 is 9.59 Å². The van der Waals surface area contributed by atoms with Crippen LogP contribution in [0.15, 0.2) is 54.6 Å². The number of hydrogen-bond acceptors (Lipinski definition) is 2. The Kier molecular flexibility index (Phi) is 5.19. The van der Waals surface area contributed by atoms with Gasteiger partial charge < -0.3 is 0 Å². The molecular formula is C25H28O2. The van der Waals surface area contributed by atoms with Gasteiger partial charge in [-0.25, -0.2) is 0 Å². The molecule has 1 atom stereocenters. The summed E-state index contributed by atoms with van der Waals surface area (Å²) in [5.74, 6) is -0.0562. The van der Waals surface area contributed by atoms with Crippen LogP contribution in [-0.2, 0) is 16.6 Å². The Labute approximate surface area is 162 Å². The van der Waals surface area contributed by atoms with Gasteiger partial charge in [-0.05, 0) is 48.3 Å². The second kappa shape index (κ2) is 7.26. The van der Waals surface area contributed by atoms with E-state index in [1.165, 1.54) is 5.56 Å². The zero-order valence-electron chi connectivity index (χ0n) is 16.7. The van der Waals surface area contributed by atoms with Crippen LogP contribution >= 0.6 is 0 Å². The molecule has 0 bridgehead atoms. The Morgan fingerprint density at radius 3 is 2.37 bits per heavy atom. The van der Waals surface area contributed by atoms with Gasteiger partial charge in [0.15, 0.2) is 5.78 Å². The van der Waals surface area contributed by atoms with E-state index in [2.05, 4.69) is 45.0 Å². The lowest BCUT2D eigenvalue weighted by molar-refractivity contribution is -0.124. The van der Waals surface area contributed by atoms with Crippen LogP contribution in [0.5, 0.6) is 0 Å². The van der Waals surface area contributed by atoms with E-state index >= 15 is 0 Å². The molecule has 1 aliphatic rings. The molecule has 2 heteroatoms. The number of ketones is 2. The van der Waals surface area contributed by atoms with Crippen molar-refractivity contribution in [2.45, 2.75) is 52.4 Å². The van der Waals surface area contributed by atoms with E-state index in [1.54, 1.807) is 6.92 Å². The fourth-order valence-corrected chi connectivity index (χ4v) is 3.84. The van der Waals surface area contributed by atoms with Crippen LogP contribution in [0.2, 0.25) is 0 Å². The summed E-state index contributed by atoms with van der Waals surface area (Å²) in [6.45, 7) is 8.14. The fourth-order valence-electron chi connectivity index (χ4n) is 3.84. The van der Waals surface area contributed by atoms with Crippen molar-refractivity contribution >= 4 is 17.6 Å². The van der Waals surface area contributed by atoms with Gasteiger partial charge in [0.05, 0.1) is 5.41 Å². The highest BCUT2D eigenvalue weighted by atomic mass is 16.2. The molecule has 0 amide bonds. The van der Waals surface area contributed by atoms with E-state index in [0.717, 1.165) is 17.5 Å². The van der Waals surface area contributed by atoms with Crippen LogP contribution in [0.25, 0.3) is 6.08 Å². The van der Waals surface area contributed by atoms with Crippen LogP contribution in [0.3, 0.4) is 0 Å². The number of allylic oxidation sites excluding steroid dienone is 1. The highest BCUT2D eigenvalue weighted by Gasteiger charge is 2.45. The Balaban J connectivity index is 1.81. The van der Waals surface area contributed by atoms with E-state index in [1.807, 2.05) is 36.4 Å². The Morgan fingerprint density at radius 1 is 1.07 bits per heavy atom. The molecule has 0 N–H and O–H groups in total. The maximum atomic E-state index is 13.1. The number of rotatable bonds is 4. The summed E-state index contributed by atoms with van der Waals surface area (Å²) in [7, 11) is 0. The third-order valence-corrected chi connectivity index (χ3v) is 5.74. The lowest BCUT2D eigenvalue weighted by Crippen LogP contribution is -2.41. The van der Waals surface area contributed by atoms with E-state index in [0.29, 0.717) is 18.4 Å². The summed E-state index contributed by atoms with van der Waals surface area (Å²) in [6, 6.07) is 16.1. The summed E-state index contributed by atoms with van der Waals surface area (Å²) in [6.07, 6.45) is 5.82. The lowest BCUT2D eigenvalue weighted by Gasteiger charge is -2.33. The van der Waals surface area contributed by atoms with Crippen LogP contribution in [0.1, 0.15) is 67.6 Å². The Hall–Kier alpha value is -2.48. The van der Waals surface area contributed by atoms with Crippen LogP contribution in [-0.4, -0.2) is 11.6 Å². The van der Waals surface area contributed by atoms with Gasteiger partial charge >= 0.3 is 0 Å². The zero-order chi connectivity index (χ0) is 19.7. The topological polar surface area (TPSA) is 34.1 Å². The SMILES string of the molecule is CC(=O)[C@@]1(C/C=C/c2ccc(C(C)(C)C)cc2)CCc2ccccc2C1=O. The van der Waals surface area contributed by atoms with Crippen LogP contribution in [0, 0.1) is 5.41 Å². The third-order valence-electron chi connectivity index (χ3n) is 5.74. The Bertz CT molecular complexity index is 881. The number of fused-ring (bicyclic) bond motifs is 1. The molecule has 2 aromatic carbocycles. The molecule has 0 unspecified atom stereocenters. The first-order chi connectivity index (χ1) is 12.7. The highest BCUT2D eigenvalue weighted by molar-refractivity contribution is 6.15. The molecule has 0 aliphatic heterocycles. The fraction of sp³-hybridized carbons (Fsp3) is 0.360. The summed E-state index contributed by atoms with van der Waals surface area (Å²) < 4.78 is 0. The summed E-state index contributed by atoms with van der Waals surface area (Å²) in [5, 5.41) is 0. The van der Waals surface area contributed by atoms with Gasteiger partial charge in [-0.1, -0.05) is 81.5 Å². The molecule has 0 heterocycles. The Morgan fingerprint density at radius 2 is 1.74 bits per heavy atom. The molecule has 3 rings (SSSR count). The van der Waals surface area contributed by atoms with Crippen molar-refractivity contribution in [3.63, 3.8) is 0 Å². The van der Waals surface area contributed by atoms with Crippen molar-refractivity contribution in [2.75, 3.05) is 0 Å². The first-order valence-electron chi connectivity index (χ1n) is 9.65. The average molecular weight is 360 g/mol. The predicted octanol–water partition coefficient (Wildman–Crippen LogP) is 5.79. The summed E-state index contributed by atoms with van der Waals surface area (Å²) in [5.41, 5.74) is 3.35. The molecule has 0 saturated heterocycles. The molecule has 2 aromatic rings. The summed E-state index contributed by atoms with van der Waals surface area (Å²) in [4.78, 5) is 25.6. The van der Waals surface area contributed by atoms with E-state index in [4.69, 9.17) is 0 Å². The zero-order valence-corrected chi connectivity index (χ0v) is 16.7. The number of carbonyl (C=O) groups is 2. The number of Topliss-reactive ketones (excluding diaryl/α,β-unsaturated/α-hetero) is 2. The highest BCUT2D eigenvalue weighted by Crippen LogP contribution is 2.39. The van der Waals surface area contributed by atoms with Crippen LogP contribution < -0.4 is 0 Å². The van der Waals surface area contributed by atoms with Gasteiger partial charge in [0.1, 0.15) is 5.78 Å². The molecule has 0 aromatic heterocycles. The molecule has 0 radical (unpaired) electrons. The molecule has 0 spiro atoms. The molecule has 0 saturated carbocycles. The predicted molar refractivity (Wildman–Crippen MR) is 111 cm³/mol. The maximum absolute atomic E-state index is 13.1. The van der Waals surface area contributed by atoms with E-state index in [-0.39, 0.29) is 17.0 Å². The van der Waals surface area contributed by atoms with Gasteiger partial charge in [-0.2, -0.15) is 0 Å². The molecule has 27 heavy (non-hydrogen) atoms. The van der Waals surface area contributed by atoms with Crippen LogP contribution in [0.4, 0.5) is 0 Å². The maximum Gasteiger partial charge on any atom is 0.176 e. The molecule has 0 fully saturated rings. The van der Waals surface area contributed by atoms with Crippen molar-refractivity contribution in [1.29, 1.82) is 0 Å².